The molecule has 148 valence electrons. The summed E-state index contributed by atoms with van der Waals surface area (Å²) in [4.78, 5) is 2.19. The van der Waals surface area contributed by atoms with Gasteiger partial charge in [0, 0.05) is 44.2 Å². The smallest absolute Gasteiger partial charge is 0.128 e. The van der Waals surface area contributed by atoms with E-state index >= 15 is 0 Å². The molecule has 0 amide bonds. The van der Waals surface area contributed by atoms with Crippen LogP contribution in [0.2, 0.25) is 0 Å². The maximum absolute atomic E-state index is 14.0. The summed E-state index contributed by atoms with van der Waals surface area (Å²) >= 11 is 0. The summed E-state index contributed by atoms with van der Waals surface area (Å²) in [5.41, 5.74) is 2.91. The molecule has 4 nitrogen and oxygen atoms in total. The van der Waals surface area contributed by atoms with Crippen LogP contribution >= 0.6 is 0 Å². The third-order valence-corrected chi connectivity index (χ3v) is 4.68. The molecule has 1 aromatic heterocycles. The molecular weight excluding hydrogens is 355 g/mol. The molecule has 0 bridgehead atoms. The van der Waals surface area contributed by atoms with Crippen LogP contribution < -0.4 is 0 Å². The highest BCUT2D eigenvalue weighted by atomic mass is 19.1. The third-order valence-electron chi connectivity index (χ3n) is 4.68. The molecule has 0 saturated carbocycles. The Balaban J connectivity index is 1.75. The number of halogens is 1. The van der Waals surface area contributed by atoms with Crippen molar-refractivity contribution >= 4 is 0 Å². The second-order valence-corrected chi connectivity index (χ2v) is 6.98. The summed E-state index contributed by atoms with van der Waals surface area (Å²) in [6.45, 7) is 2.63. The summed E-state index contributed by atoms with van der Waals surface area (Å²) in [6, 6.07) is 21.0. The second-order valence-electron chi connectivity index (χ2n) is 6.98. The Hall–Kier alpha value is -2.47. The van der Waals surface area contributed by atoms with Crippen LogP contribution in [0.3, 0.4) is 0 Å². The van der Waals surface area contributed by atoms with E-state index in [1.807, 2.05) is 48.7 Å². The summed E-state index contributed by atoms with van der Waals surface area (Å²) in [6.07, 6.45) is 1.40. The van der Waals surface area contributed by atoms with Gasteiger partial charge in [0.1, 0.15) is 5.82 Å². The van der Waals surface area contributed by atoms with Crippen LogP contribution in [0.15, 0.2) is 72.9 Å². The number of nitrogens with zero attached hydrogens (tertiary/aromatic N) is 2. The van der Waals surface area contributed by atoms with Crippen LogP contribution in [0.1, 0.15) is 16.8 Å². The van der Waals surface area contributed by atoms with E-state index in [9.17, 15) is 9.50 Å². The molecule has 28 heavy (non-hydrogen) atoms. The lowest BCUT2D eigenvalue weighted by Crippen LogP contribution is -2.34. The normalized spacial score (nSPS) is 12.4. The van der Waals surface area contributed by atoms with E-state index < -0.39 is 6.10 Å². The lowest BCUT2D eigenvalue weighted by atomic mass is 10.2. The average molecular weight is 382 g/mol. The van der Waals surface area contributed by atoms with E-state index in [1.165, 1.54) is 11.6 Å². The van der Waals surface area contributed by atoms with Gasteiger partial charge in [0.15, 0.2) is 0 Å². The van der Waals surface area contributed by atoms with Gasteiger partial charge in [-0.05, 0) is 23.8 Å². The first-order chi connectivity index (χ1) is 13.7. The summed E-state index contributed by atoms with van der Waals surface area (Å²) in [5.74, 6) is -0.196. The first kappa shape index (κ1) is 20.3. The largest absolute Gasteiger partial charge is 0.389 e. The maximum atomic E-state index is 14.0. The molecule has 0 unspecified atom stereocenters. The predicted molar refractivity (Wildman–Crippen MR) is 108 cm³/mol. The molecule has 1 heterocycles. The van der Waals surface area contributed by atoms with Crippen LogP contribution in [-0.2, 0) is 24.4 Å². The standard InChI is InChI=1S/C23H27FN2O2/c1-28-18-22(27)17-25(14-19-8-3-2-4-9-19)16-21-11-7-13-26(21)15-20-10-5-6-12-23(20)24/h2-13,22,27H,14-18H2,1H3/t22-/m0/s1. The molecular formula is C23H27FN2O2. The number of rotatable bonds is 10. The minimum Gasteiger partial charge on any atom is -0.389 e. The number of methoxy groups -OCH3 is 1. The van der Waals surface area contributed by atoms with E-state index in [0.717, 1.165) is 5.69 Å². The van der Waals surface area contributed by atoms with Gasteiger partial charge in [-0.3, -0.25) is 4.90 Å². The second kappa shape index (κ2) is 10.2. The number of aromatic nitrogens is 1. The first-order valence-electron chi connectivity index (χ1n) is 9.46. The molecule has 0 spiro atoms. The molecule has 3 aromatic rings. The highest BCUT2D eigenvalue weighted by Crippen LogP contribution is 2.15. The van der Waals surface area contributed by atoms with Gasteiger partial charge >= 0.3 is 0 Å². The molecule has 2 aromatic carbocycles. The first-order valence-corrected chi connectivity index (χ1v) is 9.46. The van der Waals surface area contributed by atoms with Crippen molar-refractivity contribution in [3.63, 3.8) is 0 Å². The van der Waals surface area contributed by atoms with E-state index in [0.29, 0.717) is 38.3 Å². The SMILES string of the molecule is COC[C@@H](O)CN(Cc1ccccc1)Cc1cccn1Cc1ccccc1F. The van der Waals surface area contributed by atoms with Gasteiger partial charge in [0.2, 0.25) is 0 Å². The van der Waals surface area contributed by atoms with Crippen molar-refractivity contribution < 1.29 is 14.2 Å². The van der Waals surface area contributed by atoms with Gasteiger partial charge in [0.05, 0.1) is 19.3 Å². The van der Waals surface area contributed by atoms with Gasteiger partial charge in [-0.25, -0.2) is 4.39 Å². The number of hydrogen-bond acceptors (Lipinski definition) is 3. The van der Waals surface area contributed by atoms with Crippen LogP contribution in [-0.4, -0.2) is 40.9 Å². The lowest BCUT2D eigenvalue weighted by Gasteiger charge is -2.26. The monoisotopic (exact) mass is 382 g/mol. The Kier molecular flexibility index (Phi) is 7.37. The van der Waals surface area contributed by atoms with Crippen molar-refractivity contribution in [3.05, 3.63) is 95.6 Å². The Morgan fingerprint density at radius 2 is 1.75 bits per heavy atom. The maximum Gasteiger partial charge on any atom is 0.128 e. The average Bonchev–Trinajstić information content (AvgIpc) is 3.11. The van der Waals surface area contributed by atoms with Gasteiger partial charge in [0.25, 0.3) is 0 Å². The van der Waals surface area contributed by atoms with Gasteiger partial charge in [-0.15, -0.1) is 0 Å². The number of ether oxygens (including phenoxy) is 1. The zero-order chi connectivity index (χ0) is 19.8. The molecule has 0 radical (unpaired) electrons. The molecule has 0 saturated heterocycles. The zero-order valence-corrected chi connectivity index (χ0v) is 16.2. The van der Waals surface area contributed by atoms with E-state index in [-0.39, 0.29) is 5.82 Å². The Morgan fingerprint density at radius 3 is 2.50 bits per heavy atom. The number of aliphatic hydroxyl groups excluding tert-OH is 1. The minimum absolute atomic E-state index is 0.196. The molecule has 0 fully saturated rings. The van der Waals surface area contributed by atoms with Gasteiger partial charge < -0.3 is 14.4 Å². The predicted octanol–water partition coefficient (Wildman–Crippen LogP) is 3.69. The molecule has 1 atom stereocenters. The van der Waals surface area contributed by atoms with Crippen molar-refractivity contribution in [1.82, 2.24) is 9.47 Å². The zero-order valence-electron chi connectivity index (χ0n) is 16.2. The number of aliphatic hydroxyl groups is 1. The van der Waals surface area contributed by atoms with Gasteiger partial charge in [-0.1, -0.05) is 48.5 Å². The fraction of sp³-hybridized carbons (Fsp3) is 0.304. The Bertz CT molecular complexity index is 851. The van der Waals surface area contributed by atoms with E-state index in [4.69, 9.17) is 4.74 Å². The number of benzene rings is 2. The third kappa shape index (κ3) is 5.76. The minimum atomic E-state index is -0.566. The molecule has 0 aliphatic rings. The van der Waals surface area contributed by atoms with Crippen LogP contribution in [0.25, 0.3) is 0 Å². The molecule has 3 rings (SSSR count). The lowest BCUT2D eigenvalue weighted by molar-refractivity contribution is 0.0333. The number of hydrogen-bond donors (Lipinski definition) is 1. The van der Waals surface area contributed by atoms with E-state index in [2.05, 4.69) is 21.6 Å². The molecule has 0 aliphatic carbocycles. The quantitative estimate of drug-likeness (QED) is 0.581. The molecule has 1 N–H and O–H groups in total. The Morgan fingerprint density at radius 1 is 1.00 bits per heavy atom. The van der Waals surface area contributed by atoms with Crippen LogP contribution in [0, 0.1) is 5.82 Å². The molecule has 0 aliphatic heterocycles. The molecule has 5 heteroatoms. The van der Waals surface area contributed by atoms with E-state index in [1.54, 1.807) is 13.2 Å². The highest BCUT2D eigenvalue weighted by molar-refractivity contribution is 5.20. The van der Waals surface area contributed by atoms with Gasteiger partial charge in [-0.2, -0.15) is 0 Å². The van der Waals surface area contributed by atoms with Crippen molar-refractivity contribution in [2.24, 2.45) is 0 Å². The van der Waals surface area contributed by atoms with Crippen molar-refractivity contribution in [2.75, 3.05) is 20.3 Å². The topological polar surface area (TPSA) is 37.6 Å². The fourth-order valence-corrected chi connectivity index (χ4v) is 3.36. The highest BCUT2D eigenvalue weighted by Gasteiger charge is 2.15. The Labute approximate surface area is 165 Å². The van der Waals surface area contributed by atoms with Crippen LogP contribution in [0.4, 0.5) is 4.39 Å². The summed E-state index contributed by atoms with van der Waals surface area (Å²) in [5, 5.41) is 10.2. The summed E-state index contributed by atoms with van der Waals surface area (Å²) in [7, 11) is 1.59. The fourth-order valence-electron chi connectivity index (χ4n) is 3.36. The van der Waals surface area contributed by atoms with Crippen molar-refractivity contribution in [1.29, 1.82) is 0 Å². The van der Waals surface area contributed by atoms with Crippen LogP contribution in [0.5, 0.6) is 0 Å². The van der Waals surface area contributed by atoms with Crippen molar-refractivity contribution in [3.8, 4) is 0 Å². The van der Waals surface area contributed by atoms with Crippen molar-refractivity contribution in [2.45, 2.75) is 25.7 Å². The summed E-state index contributed by atoms with van der Waals surface area (Å²) < 4.78 is 21.2.